The molecule has 2 N–H and O–H groups in total. The molecule has 1 fully saturated rings. The summed E-state index contributed by atoms with van der Waals surface area (Å²) in [6, 6.07) is 0. The first-order valence-electron chi connectivity index (χ1n) is 3.23. The van der Waals surface area contributed by atoms with Crippen molar-refractivity contribution in [3.8, 4) is 0 Å². The quantitative estimate of drug-likeness (QED) is 0.500. The minimum absolute atomic E-state index is 0.105. The molecule has 0 saturated carbocycles. The van der Waals surface area contributed by atoms with Gasteiger partial charge in [-0.2, -0.15) is 5.06 Å². The Morgan fingerprint density at radius 1 is 1.67 bits per heavy atom. The Balaban J connectivity index is 2.35. The van der Waals surface area contributed by atoms with E-state index in [1.54, 1.807) is 0 Å². The van der Waals surface area contributed by atoms with Gasteiger partial charge < -0.3 is 5.73 Å². The van der Waals surface area contributed by atoms with E-state index in [-0.39, 0.29) is 5.54 Å². The van der Waals surface area contributed by atoms with E-state index < -0.39 is 0 Å². The van der Waals surface area contributed by atoms with Crippen LogP contribution >= 0.6 is 0 Å². The van der Waals surface area contributed by atoms with Gasteiger partial charge in [0.25, 0.3) is 0 Å². The van der Waals surface area contributed by atoms with Gasteiger partial charge in [0, 0.05) is 19.1 Å². The molecule has 0 aromatic rings. The zero-order chi connectivity index (χ0) is 6.91. The highest BCUT2D eigenvalue weighted by molar-refractivity contribution is 4.80. The zero-order valence-electron chi connectivity index (χ0n) is 6.05. The average Bonchev–Trinajstić information content (AvgIpc) is 1.78. The lowest BCUT2D eigenvalue weighted by molar-refractivity contribution is -0.182. The summed E-state index contributed by atoms with van der Waals surface area (Å²) in [6.07, 6.45) is 1.02. The highest BCUT2D eigenvalue weighted by atomic mass is 16.7. The Morgan fingerprint density at radius 2 is 2.33 bits per heavy atom. The molecule has 0 bridgehead atoms. The second kappa shape index (κ2) is 2.25. The summed E-state index contributed by atoms with van der Waals surface area (Å²) in [5.74, 6) is 0. The number of hydrogen-bond acceptors (Lipinski definition) is 3. The van der Waals surface area contributed by atoms with Crippen LogP contribution in [0, 0.1) is 0 Å². The van der Waals surface area contributed by atoms with Gasteiger partial charge in [-0.05, 0) is 13.3 Å². The van der Waals surface area contributed by atoms with Crippen LogP contribution in [-0.4, -0.2) is 30.8 Å². The van der Waals surface area contributed by atoms with Crippen LogP contribution < -0.4 is 5.73 Å². The van der Waals surface area contributed by atoms with Gasteiger partial charge >= 0.3 is 0 Å². The van der Waals surface area contributed by atoms with Crippen molar-refractivity contribution in [3.63, 3.8) is 0 Å². The molecule has 0 amide bonds. The van der Waals surface area contributed by atoms with Gasteiger partial charge in [-0.3, -0.25) is 4.84 Å². The second-order valence-corrected chi connectivity index (χ2v) is 3.03. The molecule has 1 aliphatic rings. The van der Waals surface area contributed by atoms with Crippen LogP contribution in [0.15, 0.2) is 0 Å². The first-order chi connectivity index (χ1) is 4.10. The fraction of sp³-hybridized carbons (Fsp3) is 1.00. The maximum atomic E-state index is 5.79. The summed E-state index contributed by atoms with van der Waals surface area (Å²) >= 11 is 0. The molecule has 1 rings (SSSR count). The molecular weight excluding hydrogens is 116 g/mol. The first-order valence-corrected chi connectivity index (χ1v) is 3.23. The number of hydroxylamine groups is 2. The van der Waals surface area contributed by atoms with Crippen molar-refractivity contribution < 1.29 is 4.84 Å². The maximum Gasteiger partial charge on any atom is 0.0862 e. The Labute approximate surface area is 55.7 Å². The summed E-state index contributed by atoms with van der Waals surface area (Å²) in [5, 5.41) is 1.83. The fourth-order valence-corrected chi connectivity index (χ4v) is 0.807. The van der Waals surface area contributed by atoms with Crippen LogP contribution in [0.5, 0.6) is 0 Å². The normalized spacial score (nSPS) is 39.0. The Morgan fingerprint density at radius 3 is 2.67 bits per heavy atom. The summed E-state index contributed by atoms with van der Waals surface area (Å²) in [4.78, 5) is 5.20. The van der Waals surface area contributed by atoms with E-state index in [1.165, 1.54) is 0 Å². The van der Waals surface area contributed by atoms with Crippen LogP contribution in [-0.2, 0) is 4.84 Å². The lowest BCUT2D eigenvalue weighted by atomic mass is 10.00. The molecule has 1 heterocycles. The highest BCUT2D eigenvalue weighted by Gasteiger charge is 2.24. The van der Waals surface area contributed by atoms with Crippen molar-refractivity contribution in [1.82, 2.24) is 5.06 Å². The maximum absolute atomic E-state index is 5.79. The molecule has 9 heavy (non-hydrogen) atoms. The molecule has 0 radical (unpaired) electrons. The smallest absolute Gasteiger partial charge is 0.0862 e. The van der Waals surface area contributed by atoms with Gasteiger partial charge in [-0.25, -0.2) is 0 Å². The summed E-state index contributed by atoms with van der Waals surface area (Å²) in [5.41, 5.74) is 5.68. The van der Waals surface area contributed by atoms with Crippen molar-refractivity contribution in [2.45, 2.75) is 18.9 Å². The molecule has 0 spiro atoms. The molecule has 3 heteroatoms. The van der Waals surface area contributed by atoms with Crippen molar-refractivity contribution in [2.75, 3.05) is 20.2 Å². The van der Waals surface area contributed by atoms with E-state index in [9.17, 15) is 0 Å². The molecule has 1 saturated heterocycles. The minimum atomic E-state index is -0.105. The third-order valence-corrected chi connectivity index (χ3v) is 1.61. The highest BCUT2D eigenvalue weighted by Crippen LogP contribution is 2.12. The monoisotopic (exact) mass is 130 g/mol. The molecule has 54 valence electrons. The molecule has 3 nitrogen and oxygen atoms in total. The molecular formula is C6H14N2O. The predicted octanol–water partition coefficient (Wildman–Crippen LogP) is -0.0291. The number of hydrogen-bond donors (Lipinski definition) is 1. The Hall–Kier alpha value is -0.120. The van der Waals surface area contributed by atoms with Crippen molar-refractivity contribution in [3.05, 3.63) is 0 Å². The van der Waals surface area contributed by atoms with Crippen LogP contribution in [0.1, 0.15) is 13.3 Å². The molecule has 1 unspecified atom stereocenters. The van der Waals surface area contributed by atoms with E-state index in [0.717, 1.165) is 13.0 Å². The average molecular weight is 130 g/mol. The second-order valence-electron chi connectivity index (χ2n) is 3.03. The van der Waals surface area contributed by atoms with Crippen LogP contribution in [0.3, 0.4) is 0 Å². The van der Waals surface area contributed by atoms with Gasteiger partial charge in [0.1, 0.15) is 0 Å². The number of rotatable bonds is 0. The van der Waals surface area contributed by atoms with Crippen LogP contribution in [0.4, 0.5) is 0 Å². The lowest BCUT2D eigenvalue weighted by Gasteiger charge is -2.33. The van der Waals surface area contributed by atoms with Crippen molar-refractivity contribution >= 4 is 0 Å². The lowest BCUT2D eigenvalue weighted by Crippen LogP contribution is -2.49. The molecule has 0 aliphatic carbocycles. The van der Waals surface area contributed by atoms with E-state index in [4.69, 9.17) is 10.6 Å². The largest absolute Gasteiger partial charge is 0.323 e. The number of nitrogens with two attached hydrogens (primary N) is 1. The molecule has 0 aromatic heterocycles. The number of nitrogens with zero attached hydrogens (tertiary/aromatic N) is 1. The summed E-state index contributed by atoms with van der Waals surface area (Å²) in [7, 11) is 1.93. The Kier molecular flexibility index (Phi) is 1.75. The van der Waals surface area contributed by atoms with Gasteiger partial charge in [-0.15, -0.1) is 0 Å². The van der Waals surface area contributed by atoms with Crippen LogP contribution in [0.25, 0.3) is 0 Å². The third-order valence-electron chi connectivity index (χ3n) is 1.61. The first kappa shape index (κ1) is 6.99. The summed E-state index contributed by atoms with van der Waals surface area (Å²) in [6.45, 7) is 3.59. The minimum Gasteiger partial charge on any atom is -0.323 e. The van der Waals surface area contributed by atoms with Crippen LogP contribution in [0.2, 0.25) is 0 Å². The van der Waals surface area contributed by atoms with Gasteiger partial charge in [0.15, 0.2) is 0 Å². The topological polar surface area (TPSA) is 38.5 Å². The fourth-order valence-electron chi connectivity index (χ4n) is 0.807. The summed E-state index contributed by atoms with van der Waals surface area (Å²) < 4.78 is 0. The van der Waals surface area contributed by atoms with Crippen molar-refractivity contribution in [1.29, 1.82) is 0 Å². The molecule has 1 aliphatic heterocycles. The molecule has 1 atom stereocenters. The van der Waals surface area contributed by atoms with Gasteiger partial charge in [0.05, 0.1) is 6.61 Å². The third kappa shape index (κ3) is 1.93. The molecule has 0 aromatic carbocycles. The predicted molar refractivity (Wildman–Crippen MR) is 35.8 cm³/mol. The van der Waals surface area contributed by atoms with Crippen molar-refractivity contribution in [2.24, 2.45) is 5.73 Å². The SMILES string of the molecule is CN1CCC(C)(N)CO1. The van der Waals surface area contributed by atoms with Gasteiger partial charge in [-0.1, -0.05) is 0 Å². The zero-order valence-corrected chi connectivity index (χ0v) is 6.05. The van der Waals surface area contributed by atoms with E-state index in [1.807, 2.05) is 19.0 Å². The van der Waals surface area contributed by atoms with E-state index in [2.05, 4.69) is 0 Å². The Bertz CT molecular complexity index is 93.2. The van der Waals surface area contributed by atoms with E-state index in [0.29, 0.717) is 6.61 Å². The van der Waals surface area contributed by atoms with Gasteiger partial charge in [0.2, 0.25) is 0 Å². The standard InChI is InChI=1S/C6H14N2O/c1-6(7)3-4-8(2)9-5-6/h3-5,7H2,1-2H3. The van der Waals surface area contributed by atoms with E-state index >= 15 is 0 Å².